The lowest BCUT2D eigenvalue weighted by atomic mass is 10.1. The molecule has 512 valence electrons. The highest BCUT2D eigenvalue weighted by Crippen LogP contribution is 2.41. The molecule has 0 aliphatic heterocycles. The lowest BCUT2D eigenvalue weighted by molar-refractivity contribution is 0.0146. The van der Waals surface area contributed by atoms with Gasteiger partial charge in [0.1, 0.15) is 64.4 Å². The third-order valence-electron chi connectivity index (χ3n) is 11.6. The molecule has 3 aromatic carbocycles. The molecule has 2 N–H and O–H groups in total. The van der Waals surface area contributed by atoms with Gasteiger partial charge in [-0.1, -0.05) is 0 Å². The molecular formula is C62H102O27. The smallest absolute Gasteiger partial charge is 0.203 e. The Hall–Kier alpha value is -4.70. The molecule has 0 heterocycles. The molecule has 89 heavy (non-hydrogen) atoms. The summed E-state index contributed by atoms with van der Waals surface area (Å²) in [6.45, 7) is 11.6. The predicted octanol–water partition coefficient (Wildman–Crippen LogP) is 4.03. The van der Waals surface area contributed by atoms with Gasteiger partial charge in [-0.05, 0) is 53.1 Å². The number of aliphatic hydroxyl groups excluding tert-OH is 2. The van der Waals surface area contributed by atoms with Crippen LogP contribution >= 0.6 is 0 Å². The van der Waals surface area contributed by atoms with Crippen LogP contribution in [0.4, 0.5) is 0 Å². The Morgan fingerprint density at radius 2 is 0.449 bits per heavy atom. The number of rotatable bonds is 66. The maximum absolute atomic E-state index is 10.5. The second-order valence-electron chi connectivity index (χ2n) is 18.5. The summed E-state index contributed by atoms with van der Waals surface area (Å²) in [5.74, 6) is 3.02. The van der Waals surface area contributed by atoms with Gasteiger partial charge in [0.15, 0.2) is 23.0 Å². The fraction of sp³-hybridized carbons (Fsp3) is 0.710. The third-order valence-corrected chi connectivity index (χ3v) is 11.6. The number of hydrogen-bond acceptors (Lipinski definition) is 27. The quantitative estimate of drug-likeness (QED) is 0.0755. The standard InChI is InChI=1S/C62H102O27/c1-65-8-13-71-20-25-77-31-37-83-58-45-53(44-57(82-36-30-76-19-18-70-7-6-63)61(58)86-40-34-80-28-23-74-16-11-68-4)50-88-55-42-52(49-64)43-56(48-55)89-51-54-46-59(84-38-32-78-26-21-72-14-9-66-2)62(87-41-35-81-29-24-75-17-12-69-5)60(47-54)85-39-33-79-27-22-73-15-10-67-3/h42-48,63-64H,6-41,49-51H2,1-5H3. The van der Waals surface area contributed by atoms with Crippen molar-refractivity contribution in [1.29, 1.82) is 0 Å². The van der Waals surface area contributed by atoms with Crippen molar-refractivity contribution in [2.45, 2.75) is 19.8 Å². The van der Waals surface area contributed by atoms with E-state index in [9.17, 15) is 5.11 Å². The van der Waals surface area contributed by atoms with E-state index in [0.717, 1.165) is 0 Å². The summed E-state index contributed by atoms with van der Waals surface area (Å²) >= 11 is 0. The van der Waals surface area contributed by atoms with Crippen LogP contribution in [0.5, 0.6) is 46.0 Å². The van der Waals surface area contributed by atoms with Crippen LogP contribution in [0.2, 0.25) is 0 Å². The SMILES string of the molecule is COCCOCCOCCOc1cc(COc2cc(CO)cc(OCc3cc(OCCOCCOCCOC)c(OCCOCCOCCOC)c(OCCOCCOCCOC)c3)c2)cc(OCCOCCOCCO)c1OCCOCCOCCOC. The molecule has 0 aromatic heterocycles. The largest absolute Gasteiger partial charge is 0.489 e. The van der Waals surface area contributed by atoms with Gasteiger partial charge in [-0.3, -0.25) is 0 Å². The number of ether oxygens (including phenoxy) is 25. The van der Waals surface area contributed by atoms with E-state index in [4.69, 9.17) is 124 Å². The molecular weight excluding hydrogens is 1180 g/mol. The van der Waals surface area contributed by atoms with E-state index in [1.165, 1.54) is 0 Å². The van der Waals surface area contributed by atoms with Crippen molar-refractivity contribution in [3.63, 3.8) is 0 Å². The predicted molar refractivity (Wildman–Crippen MR) is 323 cm³/mol. The van der Waals surface area contributed by atoms with Gasteiger partial charge in [0.2, 0.25) is 11.5 Å². The zero-order valence-corrected chi connectivity index (χ0v) is 53.2. The Kier molecular flexibility index (Phi) is 50.5. The Bertz CT molecular complexity index is 2050. The molecule has 0 saturated carbocycles. The minimum absolute atomic E-state index is 0.0344. The second-order valence-corrected chi connectivity index (χ2v) is 18.5. The van der Waals surface area contributed by atoms with E-state index in [2.05, 4.69) is 0 Å². The number of methoxy groups -OCH3 is 5. The van der Waals surface area contributed by atoms with Gasteiger partial charge in [-0.2, -0.15) is 0 Å². The number of aliphatic hydroxyl groups is 2. The van der Waals surface area contributed by atoms with Crippen LogP contribution in [-0.4, -0.2) is 284 Å². The lowest BCUT2D eigenvalue weighted by Crippen LogP contribution is -2.16. The first-order valence-corrected chi connectivity index (χ1v) is 30.1. The molecule has 0 unspecified atom stereocenters. The Morgan fingerprint density at radius 3 is 0.685 bits per heavy atom. The molecule has 0 saturated heterocycles. The van der Waals surface area contributed by atoms with Crippen LogP contribution in [0, 0.1) is 0 Å². The summed E-state index contributed by atoms with van der Waals surface area (Å²) in [7, 11) is 8.09. The number of benzene rings is 3. The minimum atomic E-state index is -0.299. The van der Waals surface area contributed by atoms with Crippen molar-refractivity contribution in [3.8, 4) is 46.0 Å². The molecule has 0 atom stereocenters. The Balaban J connectivity index is 1.90. The van der Waals surface area contributed by atoms with Crippen molar-refractivity contribution in [3.05, 3.63) is 59.2 Å². The Labute approximate surface area is 525 Å². The van der Waals surface area contributed by atoms with Crippen LogP contribution in [0.25, 0.3) is 0 Å². The molecule has 0 bridgehead atoms. The van der Waals surface area contributed by atoms with Gasteiger partial charge in [-0.25, -0.2) is 0 Å². The molecule has 0 aliphatic rings. The van der Waals surface area contributed by atoms with Gasteiger partial charge in [0, 0.05) is 41.6 Å². The van der Waals surface area contributed by atoms with Gasteiger partial charge >= 0.3 is 0 Å². The fourth-order valence-electron chi connectivity index (χ4n) is 7.32. The van der Waals surface area contributed by atoms with E-state index in [-0.39, 0.29) is 112 Å². The second kappa shape index (κ2) is 57.2. The van der Waals surface area contributed by atoms with Gasteiger partial charge in [0.25, 0.3) is 0 Å². The first-order chi connectivity index (χ1) is 44.0. The first kappa shape index (κ1) is 78.5. The summed E-state index contributed by atoms with van der Waals surface area (Å²) in [5, 5.41) is 19.5. The Morgan fingerprint density at radius 1 is 0.225 bits per heavy atom. The summed E-state index contributed by atoms with van der Waals surface area (Å²) < 4.78 is 144. The van der Waals surface area contributed by atoms with Crippen molar-refractivity contribution < 1.29 is 129 Å². The average Bonchev–Trinajstić information content (AvgIpc) is 2.60. The maximum atomic E-state index is 10.5. The monoisotopic (exact) mass is 1280 g/mol. The average molecular weight is 1280 g/mol. The van der Waals surface area contributed by atoms with Crippen molar-refractivity contribution in [2.75, 3.05) is 273 Å². The molecule has 3 rings (SSSR count). The van der Waals surface area contributed by atoms with Gasteiger partial charge in [-0.15, -0.1) is 0 Å². The van der Waals surface area contributed by atoms with Crippen LogP contribution < -0.4 is 37.9 Å². The first-order valence-electron chi connectivity index (χ1n) is 30.1. The molecule has 0 spiro atoms. The zero-order valence-electron chi connectivity index (χ0n) is 53.2. The molecule has 3 aromatic rings. The minimum Gasteiger partial charge on any atom is -0.489 e. The van der Waals surface area contributed by atoms with E-state index >= 15 is 0 Å². The molecule has 27 nitrogen and oxygen atoms in total. The highest BCUT2D eigenvalue weighted by Gasteiger charge is 2.20. The third kappa shape index (κ3) is 40.7. The normalized spacial score (nSPS) is 11.4. The summed E-state index contributed by atoms with van der Waals surface area (Å²) in [4.78, 5) is 0. The van der Waals surface area contributed by atoms with Gasteiger partial charge < -0.3 is 129 Å². The fourth-order valence-corrected chi connectivity index (χ4v) is 7.32. The van der Waals surface area contributed by atoms with Crippen LogP contribution in [0.3, 0.4) is 0 Å². The topological polar surface area (TPSA) is 271 Å². The van der Waals surface area contributed by atoms with E-state index in [1.54, 1.807) is 65.9 Å². The van der Waals surface area contributed by atoms with Crippen molar-refractivity contribution in [1.82, 2.24) is 0 Å². The van der Waals surface area contributed by atoms with Crippen LogP contribution in [-0.2, 0) is 100 Å². The summed E-state index contributed by atoms with van der Waals surface area (Å²) in [5.41, 5.74) is 1.88. The molecule has 27 heteroatoms. The van der Waals surface area contributed by atoms with Crippen LogP contribution in [0.1, 0.15) is 16.7 Å². The summed E-state index contributed by atoms with van der Waals surface area (Å²) in [6.07, 6.45) is 0. The molecule has 0 fully saturated rings. The molecule has 0 amide bonds. The molecule has 0 aliphatic carbocycles. The summed E-state index contributed by atoms with van der Waals surface area (Å²) in [6, 6.07) is 12.4. The van der Waals surface area contributed by atoms with E-state index in [0.29, 0.717) is 208 Å². The zero-order chi connectivity index (χ0) is 63.6. The van der Waals surface area contributed by atoms with Crippen LogP contribution in [0.15, 0.2) is 42.5 Å². The molecule has 0 radical (unpaired) electrons. The highest BCUT2D eigenvalue weighted by atomic mass is 16.6. The lowest BCUT2D eigenvalue weighted by Gasteiger charge is -2.20. The highest BCUT2D eigenvalue weighted by molar-refractivity contribution is 5.55. The maximum Gasteiger partial charge on any atom is 0.203 e. The number of hydrogen-bond donors (Lipinski definition) is 2. The van der Waals surface area contributed by atoms with Gasteiger partial charge in [0.05, 0.1) is 205 Å². The van der Waals surface area contributed by atoms with Crippen molar-refractivity contribution in [2.24, 2.45) is 0 Å². The van der Waals surface area contributed by atoms with E-state index in [1.807, 2.05) is 12.1 Å². The van der Waals surface area contributed by atoms with Crippen molar-refractivity contribution >= 4 is 0 Å². The van der Waals surface area contributed by atoms with E-state index < -0.39 is 0 Å².